The van der Waals surface area contributed by atoms with Crippen LogP contribution in [0, 0.1) is 17.0 Å². The lowest BCUT2D eigenvalue weighted by Gasteiger charge is -2.11. The van der Waals surface area contributed by atoms with E-state index < -0.39 is 10.8 Å². The number of benzene rings is 3. The number of nitrogens with one attached hydrogen (secondary N) is 1. The second-order valence-electron chi connectivity index (χ2n) is 8.87. The van der Waals surface area contributed by atoms with E-state index in [2.05, 4.69) is 19.2 Å². The number of aryl methyl sites for hydroxylation is 1. The molecule has 0 aliphatic carbocycles. The van der Waals surface area contributed by atoms with Gasteiger partial charge in [0.25, 0.3) is 11.6 Å². The first kappa shape index (κ1) is 26.8. The molecule has 1 aromatic heterocycles. The van der Waals surface area contributed by atoms with Crippen LogP contribution in [0.2, 0.25) is 5.02 Å². The lowest BCUT2D eigenvalue weighted by molar-refractivity contribution is -0.384. The summed E-state index contributed by atoms with van der Waals surface area (Å²) in [7, 11) is 0. The third-order valence-corrected chi connectivity index (χ3v) is 6.29. The summed E-state index contributed by atoms with van der Waals surface area (Å²) in [6, 6.07) is 20.1. The predicted molar refractivity (Wildman–Crippen MR) is 146 cm³/mol. The molecule has 0 radical (unpaired) electrons. The van der Waals surface area contributed by atoms with E-state index >= 15 is 0 Å². The summed E-state index contributed by atoms with van der Waals surface area (Å²) in [5, 5.41) is 14.7. The second kappa shape index (κ2) is 11.8. The quantitative estimate of drug-likeness (QED) is 0.162. The topological polar surface area (TPSA) is 104 Å². The van der Waals surface area contributed by atoms with E-state index in [1.54, 1.807) is 31.2 Å². The zero-order valence-electron chi connectivity index (χ0n) is 21.2. The first-order valence-corrected chi connectivity index (χ1v) is 12.5. The van der Waals surface area contributed by atoms with Crippen LogP contribution in [-0.4, -0.2) is 10.8 Å². The number of rotatable bonds is 10. The van der Waals surface area contributed by atoms with E-state index in [1.807, 2.05) is 24.3 Å². The Bertz CT molecular complexity index is 1450. The first-order valence-electron chi connectivity index (χ1n) is 12.1. The van der Waals surface area contributed by atoms with Crippen molar-refractivity contribution in [2.75, 3.05) is 5.32 Å². The number of nitro groups is 1. The molecule has 1 unspecified atom stereocenters. The Hall–Kier alpha value is -4.30. The van der Waals surface area contributed by atoms with Crippen molar-refractivity contribution < 1.29 is 23.6 Å². The molecule has 1 amide bonds. The third kappa shape index (κ3) is 6.72. The highest BCUT2D eigenvalue weighted by Crippen LogP contribution is 2.32. The van der Waals surface area contributed by atoms with Crippen LogP contribution < -0.4 is 14.8 Å². The van der Waals surface area contributed by atoms with Crippen molar-refractivity contribution in [3.05, 3.63) is 111 Å². The highest BCUT2D eigenvalue weighted by atomic mass is 35.5. The van der Waals surface area contributed by atoms with Gasteiger partial charge in [-0.1, -0.05) is 37.6 Å². The standard InChI is InChI=1S/C29H27ClN2O6/c1-4-18(2)20-5-8-24(9-6-20)36-17-25-10-12-28(37-25)29(33)31-22-14-23(32(34)35)16-26(15-22)38-27-11-7-21(30)13-19(27)3/h5-16,18H,4,17H2,1-3H3,(H,31,33). The zero-order chi connectivity index (χ0) is 27.2. The molecule has 9 heteroatoms. The van der Waals surface area contributed by atoms with Crippen molar-refractivity contribution in [3.63, 3.8) is 0 Å². The molecular weight excluding hydrogens is 508 g/mol. The fourth-order valence-corrected chi connectivity index (χ4v) is 3.95. The van der Waals surface area contributed by atoms with Gasteiger partial charge in [-0.15, -0.1) is 0 Å². The predicted octanol–water partition coefficient (Wildman–Crippen LogP) is 8.29. The van der Waals surface area contributed by atoms with Crippen LogP contribution in [0.25, 0.3) is 0 Å². The summed E-state index contributed by atoms with van der Waals surface area (Å²) in [5.41, 5.74) is 1.94. The monoisotopic (exact) mass is 534 g/mol. The largest absolute Gasteiger partial charge is 0.486 e. The molecule has 38 heavy (non-hydrogen) atoms. The maximum atomic E-state index is 12.8. The van der Waals surface area contributed by atoms with Crippen LogP contribution >= 0.6 is 11.6 Å². The molecule has 0 aliphatic rings. The number of amides is 1. The van der Waals surface area contributed by atoms with E-state index in [0.29, 0.717) is 28.2 Å². The minimum atomic E-state index is -0.566. The fourth-order valence-electron chi connectivity index (χ4n) is 3.73. The average molecular weight is 535 g/mol. The Balaban J connectivity index is 1.43. The summed E-state index contributed by atoms with van der Waals surface area (Å²) in [4.78, 5) is 23.7. The molecule has 1 N–H and O–H groups in total. The van der Waals surface area contributed by atoms with Gasteiger partial charge in [0, 0.05) is 17.2 Å². The average Bonchev–Trinajstić information content (AvgIpc) is 3.38. The molecule has 196 valence electrons. The molecule has 0 spiro atoms. The Morgan fingerprint density at radius 2 is 1.82 bits per heavy atom. The van der Waals surface area contributed by atoms with E-state index in [0.717, 1.165) is 12.0 Å². The van der Waals surface area contributed by atoms with E-state index in [4.69, 9.17) is 25.5 Å². The first-order chi connectivity index (χ1) is 18.2. The van der Waals surface area contributed by atoms with Gasteiger partial charge in [-0.3, -0.25) is 14.9 Å². The molecule has 4 aromatic rings. The van der Waals surface area contributed by atoms with Crippen LogP contribution in [-0.2, 0) is 6.61 Å². The van der Waals surface area contributed by atoms with Crippen LogP contribution in [0.3, 0.4) is 0 Å². The van der Waals surface area contributed by atoms with E-state index in [9.17, 15) is 14.9 Å². The molecule has 8 nitrogen and oxygen atoms in total. The SMILES string of the molecule is CCC(C)c1ccc(OCc2ccc(C(=O)Nc3cc(Oc4ccc(Cl)cc4C)cc([N+](=O)[O-])c3)o2)cc1. The third-order valence-electron chi connectivity index (χ3n) is 6.05. The van der Waals surface area contributed by atoms with Gasteiger partial charge in [-0.25, -0.2) is 0 Å². The number of ether oxygens (including phenoxy) is 2. The number of anilines is 1. The number of carbonyl (C=O) groups is 1. The maximum Gasteiger partial charge on any atom is 0.291 e. The summed E-state index contributed by atoms with van der Waals surface area (Å²) < 4.78 is 17.2. The van der Waals surface area contributed by atoms with Crippen molar-refractivity contribution >= 4 is 28.9 Å². The van der Waals surface area contributed by atoms with Crippen LogP contribution in [0.15, 0.2) is 77.2 Å². The summed E-state index contributed by atoms with van der Waals surface area (Å²) in [6.45, 7) is 6.27. The molecule has 3 aromatic carbocycles. The van der Waals surface area contributed by atoms with Crippen LogP contribution in [0.4, 0.5) is 11.4 Å². The Morgan fingerprint density at radius 3 is 2.50 bits per heavy atom. The summed E-state index contributed by atoms with van der Waals surface area (Å²) >= 11 is 5.99. The van der Waals surface area contributed by atoms with Crippen molar-refractivity contribution in [1.29, 1.82) is 0 Å². The van der Waals surface area contributed by atoms with Gasteiger partial charge in [-0.05, 0) is 72.9 Å². The number of nitro benzene ring substituents is 1. The van der Waals surface area contributed by atoms with Crippen molar-refractivity contribution in [1.82, 2.24) is 0 Å². The molecule has 0 saturated carbocycles. The number of halogens is 1. The minimum Gasteiger partial charge on any atom is -0.486 e. The van der Waals surface area contributed by atoms with Gasteiger partial charge in [-0.2, -0.15) is 0 Å². The maximum absolute atomic E-state index is 12.8. The minimum absolute atomic E-state index is 0.0400. The molecule has 0 saturated heterocycles. The smallest absolute Gasteiger partial charge is 0.291 e. The van der Waals surface area contributed by atoms with Crippen molar-refractivity contribution in [2.24, 2.45) is 0 Å². The Morgan fingerprint density at radius 1 is 1.05 bits per heavy atom. The highest BCUT2D eigenvalue weighted by Gasteiger charge is 2.17. The Labute approximate surface area is 225 Å². The van der Waals surface area contributed by atoms with Gasteiger partial charge in [0.15, 0.2) is 5.76 Å². The Kier molecular flexibility index (Phi) is 8.33. The van der Waals surface area contributed by atoms with Gasteiger partial charge in [0.1, 0.15) is 29.6 Å². The van der Waals surface area contributed by atoms with Crippen molar-refractivity contribution in [3.8, 4) is 17.2 Å². The van der Waals surface area contributed by atoms with Crippen molar-refractivity contribution in [2.45, 2.75) is 39.7 Å². The van der Waals surface area contributed by atoms with Gasteiger partial charge >= 0.3 is 0 Å². The summed E-state index contributed by atoms with van der Waals surface area (Å²) in [6.07, 6.45) is 1.06. The number of hydrogen-bond donors (Lipinski definition) is 1. The van der Waals surface area contributed by atoms with Crippen LogP contribution in [0.5, 0.6) is 17.2 Å². The van der Waals surface area contributed by atoms with Gasteiger partial charge in [0.2, 0.25) is 0 Å². The number of carbonyl (C=O) groups excluding carboxylic acids is 1. The molecule has 0 aliphatic heterocycles. The normalized spacial score (nSPS) is 11.6. The number of hydrogen-bond acceptors (Lipinski definition) is 6. The second-order valence-corrected chi connectivity index (χ2v) is 9.31. The molecular formula is C29H27ClN2O6. The molecule has 1 atom stereocenters. The number of nitrogens with zero attached hydrogens (tertiary/aromatic N) is 1. The number of non-ortho nitro benzene ring substituents is 1. The molecule has 1 heterocycles. The lowest BCUT2D eigenvalue weighted by Crippen LogP contribution is -2.11. The van der Waals surface area contributed by atoms with Gasteiger partial charge in [0.05, 0.1) is 16.7 Å². The molecule has 0 fully saturated rings. The highest BCUT2D eigenvalue weighted by molar-refractivity contribution is 6.30. The van der Waals surface area contributed by atoms with E-state index in [1.165, 1.54) is 29.8 Å². The molecule has 0 bridgehead atoms. The fraction of sp³-hybridized carbons (Fsp3) is 0.207. The van der Waals surface area contributed by atoms with Crippen LogP contribution in [0.1, 0.15) is 53.6 Å². The summed E-state index contributed by atoms with van der Waals surface area (Å²) in [5.74, 6) is 1.78. The van der Waals surface area contributed by atoms with Gasteiger partial charge < -0.3 is 19.2 Å². The number of furan rings is 1. The molecule has 4 rings (SSSR count). The van der Waals surface area contributed by atoms with E-state index in [-0.39, 0.29) is 29.5 Å². The zero-order valence-corrected chi connectivity index (χ0v) is 22.0. The lowest BCUT2D eigenvalue weighted by atomic mass is 9.99.